The zero-order chi connectivity index (χ0) is 14.6. The molecule has 1 unspecified atom stereocenters. The molecule has 1 rings (SSSR count). The van der Waals surface area contributed by atoms with Gasteiger partial charge >= 0.3 is 5.97 Å². The maximum absolute atomic E-state index is 11.2. The van der Waals surface area contributed by atoms with Crippen molar-refractivity contribution >= 4 is 5.97 Å². The lowest BCUT2D eigenvalue weighted by molar-refractivity contribution is -0.147. The molecule has 0 saturated carbocycles. The molecule has 0 bridgehead atoms. The molecule has 5 nitrogen and oxygen atoms in total. The van der Waals surface area contributed by atoms with Crippen LogP contribution in [0.5, 0.6) is 11.5 Å². The third kappa shape index (κ3) is 3.61. The number of ether oxygens (including phenoxy) is 2. The molecule has 5 heteroatoms. The fraction of sp³-hybridized carbons (Fsp3) is 0.500. The second-order valence-corrected chi connectivity index (χ2v) is 5.11. The molecule has 0 aliphatic rings. The Bertz CT molecular complexity index is 457. The molecule has 0 amide bonds. The summed E-state index contributed by atoms with van der Waals surface area (Å²) in [6.07, 6.45) is 0.311. The molecule has 0 saturated heterocycles. The van der Waals surface area contributed by atoms with E-state index in [-0.39, 0.29) is 0 Å². The van der Waals surface area contributed by atoms with Crippen LogP contribution in [-0.4, -0.2) is 25.3 Å². The summed E-state index contributed by atoms with van der Waals surface area (Å²) >= 11 is 0. The number of hydrogen-bond donors (Lipinski definition) is 2. The monoisotopic (exact) mass is 267 g/mol. The van der Waals surface area contributed by atoms with E-state index in [4.69, 9.17) is 20.3 Å². The van der Waals surface area contributed by atoms with Crippen LogP contribution < -0.4 is 15.2 Å². The first kappa shape index (κ1) is 15.3. The number of nitrogens with two attached hydrogens (primary N) is 1. The van der Waals surface area contributed by atoms with Crippen molar-refractivity contribution in [3.05, 3.63) is 23.8 Å². The lowest BCUT2D eigenvalue weighted by Crippen LogP contribution is -2.29. The van der Waals surface area contributed by atoms with E-state index in [1.165, 1.54) is 0 Å². The van der Waals surface area contributed by atoms with Crippen LogP contribution in [0.25, 0.3) is 0 Å². The Morgan fingerprint density at radius 2 is 2.00 bits per heavy atom. The summed E-state index contributed by atoms with van der Waals surface area (Å²) < 4.78 is 10.4. The molecule has 0 aliphatic heterocycles. The smallest absolute Gasteiger partial charge is 0.309 e. The number of carboxylic acid groups (broad SMARTS) is 1. The summed E-state index contributed by atoms with van der Waals surface area (Å²) in [4.78, 5) is 11.2. The van der Waals surface area contributed by atoms with Crippen molar-refractivity contribution in [1.82, 2.24) is 0 Å². The van der Waals surface area contributed by atoms with Crippen molar-refractivity contribution in [2.75, 3.05) is 14.2 Å². The Morgan fingerprint density at radius 1 is 1.37 bits per heavy atom. The van der Waals surface area contributed by atoms with Crippen molar-refractivity contribution in [3.63, 3.8) is 0 Å². The maximum Gasteiger partial charge on any atom is 0.309 e. The van der Waals surface area contributed by atoms with Gasteiger partial charge < -0.3 is 20.3 Å². The van der Waals surface area contributed by atoms with E-state index in [1.54, 1.807) is 46.3 Å². The third-order valence-corrected chi connectivity index (χ3v) is 3.15. The molecule has 1 atom stereocenters. The predicted octanol–water partition coefficient (Wildman–Crippen LogP) is 2.20. The van der Waals surface area contributed by atoms with E-state index in [0.717, 1.165) is 5.56 Å². The fourth-order valence-electron chi connectivity index (χ4n) is 1.88. The van der Waals surface area contributed by atoms with Crippen LogP contribution in [0.15, 0.2) is 18.2 Å². The van der Waals surface area contributed by atoms with E-state index >= 15 is 0 Å². The summed E-state index contributed by atoms with van der Waals surface area (Å²) in [5.74, 6) is 0.429. The first-order chi connectivity index (χ1) is 8.81. The van der Waals surface area contributed by atoms with Gasteiger partial charge in [0.05, 0.1) is 19.6 Å². The standard InChI is InChI=1S/C14H21NO4/c1-14(2,13(16)17)8-11(15)10-7-9(18-3)5-6-12(10)19-4/h5-7,11H,8,15H2,1-4H3,(H,16,17). The Balaban J connectivity index is 3.04. The Kier molecular flexibility index (Phi) is 4.78. The second kappa shape index (κ2) is 5.93. The Labute approximate surface area is 113 Å². The van der Waals surface area contributed by atoms with Crippen LogP contribution in [0.3, 0.4) is 0 Å². The number of carboxylic acids is 1. The number of aliphatic carboxylic acids is 1. The molecule has 1 aromatic rings. The van der Waals surface area contributed by atoms with Crippen LogP contribution in [0, 0.1) is 5.41 Å². The zero-order valence-corrected chi connectivity index (χ0v) is 11.8. The van der Waals surface area contributed by atoms with Crippen LogP contribution in [0.4, 0.5) is 0 Å². The van der Waals surface area contributed by atoms with E-state index in [9.17, 15) is 4.79 Å². The topological polar surface area (TPSA) is 81.8 Å². The summed E-state index contributed by atoms with van der Waals surface area (Å²) in [7, 11) is 3.12. The van der Waals surface area contributed by atoms with Gasteiger partial charge in [-0.3, -0.25) is 4.79 Å². The molecule has 1 aromatic carbocycles. The van der Waals surface area contributed by atoms with E-state index in [2.05, 4.69) is 0 Å². The summed E-state index contributed by atoms with van der Waals surface area (Å²) in [6.45, 7) is 3.31. The summed E-state index contributed by atoms with van der Waals surface area (Å²) in [6, 6.07) is 4.89. The molecule has 0 aromatic heterocycles. The lowest BCUT2D eigenvalue weighted by atomic mass is 9.83. The van der Waals surface area contributed by atoms with Crippen LogP contribution in [0.1, 0.15) is 31.9 Å². The van der Waals surface area contributed by atoms with Gasteiger partial charge in [-0.05, 0) is 38.5 Å². The molecule has 106 valence electrons. The Hall–Kier alpha value is -1.75. The molecule has 3 N–H and O–H groups in total. The van der Waals surface area contributed by atoms with Crippen molar-refractivity contribution in [1.29, 1.82) is 0 Å². The second-order valence-electron chi connectivity index (χ2n) is 5.11. The molecular formula is C14H21NO4. The number of carbonyl (C=O) groups is 1. The first-order valence-corrected chi connectivity index (χ1v) is 6.02. The average Bonchev–Trinajstić information content (AvgIpc) is 2.37. The van der Waals surface area contributed by atoms with Gasteiger partial charge in [0.15, 0.2) is 0 Å². The summed E-state index contributed by atoms with van der Waals surface area (Å²) in [5.41, 5.74) is 5.97. The van der Waals surface area contributed by atoms with Crippen molar-refractivity contribution < 1.29 is 19.4 Å². The van der Waals surface area contributed by atoms with Crippen molar-refractivity contribution in [3.8, 4) is 11.5 Å². The minimum Gasteiger partial charge on any atom is -0.497 e. The van der Waals surface area contributed by atoms with Crippen molar-refractivity contribution in [2.24, 2.45) is 11.1 Å². The SMILES string of the molecule is COc1ccc(OC)c(C(N)CC(C)(C)C(=O)O)c1. The normalized spacial score (nSPS) is 12.9. The molecule has 0 spiro atoms. The number of rotatable bonds is 6. The molecule has 0 fully saturated rings. The Morgan fingerprint density at radius 3 is 2.47 bits per heavy atom. The van der Waals surface area contributed by atoms with E-state index in [0.29, 0.717) is 17.9 Å². The van der Waals surface area contributed by atoms with Gasteiger partial charge in [0.25, 0.3) is 0 Å². The fourth-order valence-corrected chi connectivity index (χ4v) is 1.88. The van der Waals surface area contributed by atoms with Gasteiger partial charge in [0.2, 0.25) is 0 Å². The maximum atomic E-state index is 11.2. The number of hydrogen-bond acceptors (Lipinski definition) is 4. The van der Waals surface area contributed by atoms with Crippen LogP contribution >= 0.6 is 0 Å². The largest absolute Gasteiger partial charge is 0.497 e. The quantitative estimate of drug-likeness (QED) is 0.825. The number of benzene rings is 1. The van der Waals surface area contributed by atoms with Gasteiger partial charge in [-0.15, -0.1) is 0 Å². The van der Waals surface area contributed by atoms with E-state index < -0.39 is 17.4 Å². The highest BCUT2D eigenvalue weighted by atomic mass is 16.5. The average molecular weight is 267 g/mol. The molecule has 0 heterocycles. The highest BCUT2D eigenvalue weighted by molar-refractivity contribution is 5.73. The molecular weight excluding hydrogens is 246 g/mol. The van der Waals surface area contributed by atoms with Crippen LogP contribution in [-0.2, 0) is 4.79 Å². The van der Waals surface area contributed by atoms with Gasteiger partial charge in [-0.2, -0.15) is 0 Å². The lowest BCUT2D eigenvalue weighted by Gasteiger charge is -2.25. The minimum atomic E-state index is -0.895. The molecule has 19 heavy (non-hydrogen) atoms. The highest BCUT2D eigenvalue weighted by Gasteiger charge is 2.31. The van der Waals surface area contributed by atoms with Crippen molar-refractivity contribution in [2.45, 2.75) is 26.3 Å². The molecule has 0 radical (unpaired) electrons. The third-order valence-electron chi connectivity index (χ3n) is 3.15. The first-order valence-electron chi connectivity index (χ1n) is 6.02. The van der Waals surface area contributed by atoms with Crippen LogP contribution in [0.2, 0.25) is 0 Å². The molecule has 0 aliphatic carbocycles. The van der Waals surface area contributed by atoms with Gasteiger partial charge in [-0.1, -0.05) is 0 Å². The van der Waals surface area contributed by atoms with Gasteiger partial charge in [0.1, 0.15) is 11.5 Å². The number of methoxy groups -OCH3 is 2. The summed E-state index contributed by atoms with van der Waals surface area (Å²) in [5, 5.41) is 9.15. The predicted molar refractivity (Wildman–Crippen MR) is 72.5 cm³/mol. The van der Waals surface area contributed by atoms with Gasteiger partial charge in [-0.25, -0.2) is 0 Å². The highest BCUT2D eigenvalue weighted by Crippen LogP contribution is 2.35. The minimum absolute atomic E-state index is 0.311. The zero-order valence-electron chi connectivity index (χ0n) is 11.8. The van der Waals surface area contributed by atoms with E-state index in [1.807, 2.05) is 0 Å². The van der Waals surface area contributed by atoms with Gasteiger partial charge in [0, 0.05) is 11.6 Å².